The minimum atomic E-state index is -0.225. The van der Waals surface area contributed by atoms with E-state index in [1.165, 1.54) is 12.1 Å². The molecule has 84 valence electrons. The third kappa shape index (κ3) is 3.20. The number of anilines is 1. The molecule has 0 atom stereocenters. The number of hydrogen-bond acceptors (Lipinski definition) is 2. The number of halogens is 1. The number of nitrogens with two attached hydrogens (primary N) is 1. The highest BCUT2D eigenvalue weighted by molar-refractivity contribution is 5.53. The van der Waals surface area contributed by atoms with Crippen molar-refractivity contribution in [1.29, 1.82) is 0 Å². The van der Waals surface area contributed by atoms with Crippen LogP contribution in [0, 0.1) is 11.7 Å². The Hall–Kier alpha value is -1.09. The van der Waals surface area contributed by atoms with Crippen molar-refractivity contribution in [3.8, 4) is 0 Å². The SMILES string of the molecule is CC(C)CN(C)c1ccc(F)cc1CN. The van der Waals surface area contributed by atoms with Crippen LogP contribution >= 0.6 is 0 Å². The molecule has 0 radical (unpaired) electrons. The summed E-state index contributed by atoms with van der Waals surface area (Å²) in [4.78, 5) is 2.12. The number of hydrogen-bond donors (Lipinski definition) is 1. The van der Waals surface area contributed by atoms with Crippen LogP contribution in [0.4, 0.5) is 10.1 Å². The summed E-state index contributed by atoms with van der Waals surface area (Å²) in [5.41, 5.74) is 7.48. The maximum absolute atomic E-state index is 13.0. The van der Waals surface area contributed by atoms with Gasteiger partial charge in [0.1, 0.15) is 5.82 Å². The zero-order valence-electron chi connectivity index (χ0n) is 9.63. The van der Waals surface area contributed by atoms with Crippen LogP contribution in [0.5, 0.6) is 0 Å². The minimum Gasteiger partial charge on any atom is -0.374 e. The fraction of sp³-hybridized carbons (Fsp3) is 0.500. The maximum Gasteiger partial charge on any atom is 0.123 e. The molecule has 0 aliphatic heterocycles. The van der Waals surface area contributed by atoms with Gasteiger partial charge >= 0.3 is 0 Å². The molecule has 0 saturated carbocycles. The average Bonchev–Trinajstić information content (AvgIpc) is 2.16. The number of nitrogens with zero attached hydrogens (tertiary/aromatic N) is 1. The van der Waals surface area contributed by atoms with E-state index in [-0.39, 0.29) is 5.82 Å². The zero-order chi connectivity index (χ0) is 11.4. The van der Waals surface area contributed by atoms with Crippen LogP contribution in [0.3, 0.4) is 0 Å². The first-order valence-electron chi connectivity index (χ1n) is 5.24. The average molecular weight is 210 g/mol. The first-order valence-corrected chi connectivity index (χ1v) is 5.24. The molecule has 1 aromatic carbocycles. The molecule has 0 fully saturated rings. The van der Waals surface area contributed by atoms with Crippen molar-refractivity contribution >= 4 is 5.69 Å². The van der Waals surface area contributed by atoms with Gasteiger partial charge in [-0.3, -0.25) is 0 Å². The first-order chi connectivity index (χ1) is 7.04. The Labute approximate surface area is 90.9 Å². The van der Waals surface area contributed by atoms with Crippen LogP contribution in [0.25, 0.3) is 0 Å². The summed E-state index contributed by atoms with van der Waals surface area (Å²) in [5.74, 6) is 0.350. The molecule has 2 nitrogen and oxygen atoms in total. The highest BCUT2D eigenvalue weighted by atomic mass is 19.1. The van der Waals surface area contributed by atoms with Crippen molar-refractivity contribution in [3.05, 3.63) is 29.6 Å². The van der Waals surface area contributed by atoms with Gasteiger partial charge in [-0.05, 0) is 29.7 Å². The molecule has 3 heteroatoms. The van der Waals surface area contributed by atoms with E-state index in [1.807, 2.05) is 7.05 Å². The van der Waals surface area contributed by atoms with E-state index >= 15 is 0 Å². The van der Waals surface area contributed by atoms with Crippen LogP contribution in [0.15, 0.2) is 18.2 Å². The lowest BCUT2D eigenvalue weighted by Gasteiger charge is -2.24. The number of rotatable bonds is 4. The highest BCUT2D eigenvalue weighted by Crippen LogP contribution is 2.20. The molecule has 0 aliphatic rings. The molecule has 1 rings (SSSR count). The standard InChI is InChI=1S/C12H19FN2/c1-9(2)8-15(3)12-5-4-11(13)6-10(12)7-14/h4-6,9H,7-8,14H2,1-3H3. The summed E-state index contributed by atoms with van der Waals surface area (Å²) >= 11 is 0. The van der Waals surface area contributed by atoms with Gasteiger partial charge in [-0.15, -0.1) is 0 Å². The second-order valence-electron chi connectivity index (χ2n) is 4.25. The van der Waals surface area contributed by atoms with Crippen molar-refractivity contribution < 1.29 is 4.39 Å². The Balaban J connectivity index is 2.92. The summed E-state index contributed by atoms with van der Waals surface area (Å²) < 4.78 is 13.0. The van der Waals surface area contributed by atoms with Gasteiger partial charge in [0.15, 0.2) is 0 Å². The van der Waals surface area contributed by atoms with Gasteiger partial charge in [0.2, 0.25) is 0 Å². The van der Waals surface area contributed by atoms with E-state index in [4.69, 9.17) is 5.73 Å². The monoisotopic (exact) mass is 210 g/mol. The van der Waals surface area contributed by atoms with Crippen molar-refractivity contribution in [1.82, 2.24) is 0 Å². The third-order valence-electron chi connectivity index (χ3n) is 2.31. The van der Waals surface area contributed by atoms with E-state index in [9.17, 15) is 4.39 Å². The zero-order valence-corrected chi connectivity index (χ0v) is 9.63. The van der Waals surface area contributed by atoms with Crippen LogP contribution in [0.1, 0.15) is 19.4 Å². The van der Waals surface area contributed by atoms with E-state index in [0.717, 1.165) is 17.8 Å². The normalized spacial score (nSPS) is 10.8. The molecular weight excluding hydrogens is 191 g/mol. The topological polar surface area (TPSA) is 29.3 Å². The molecule has 0 amide bonds. The largest absolute Gasteiger partial charge is 0.374 e. The lowest BCUT2D eigenvalue weighted by molar-refractivity contribution is 0.620. The smallest absolute Gasteiger partial charge is 0.123 e. The summed E-state index contributed by atoms with van der Waals surface area (Å²) in [5, 5.41) is 0. The van der Waals surface area contributed by atoms with E-state index < -0.39 is 0 Å². The molecule has 0 heterocycles. The van der Waals surface area contributed by atoms with Crippen LogP contribution < -0.4 is 10.6 Å². The molecule has 1 aromatic rings. The van der Waals surface area contributed by atoms with Gasteiger partial charge in [0, 0.05) is 25.8 Å². The van der Waals surface area contributed by atoms with Gasteiger partial charge in [-0.1, -0.05) is 13.8 Å². The Morgan fingerprint density at radius 1 is 1.40 bits per heavy atom. The van der Waals surface area contributed by atoms with Crippen molar-refractivity contribution in [3.63, 3.8) is 0 Å². The Bertz CT molecular complexity index is 323. The lowest BCUT2D eigenvalue weighted by Crippen LogP contribution is -2.24. The maximum atomic E-state index is 13.0. The lowest BCUT2D eigenvalue weighted by atomic mass is 10.1. The Morgan fingerprint density at radius 3 is 2.60 bits per heavy atom. The molecule has 0 bridgehead atoms. The van der Waals surface area contributed by atoms with Crippen molar-refractivity contribution in [2.45, 2.75) is 20.4 Å². The molecule has 15 heavy (non-hydrogen) atoms. The van der Waals surface area contributed by atoms with Gasteiger partial charge < -0.3 is 10.6 Å². The van der Waals surface area contributed by atoms with Gasteiger partial charge in [0.25, 0.3) is 0 Å². The quantitative estimate of drug-likeness (QED) is 0.826. The van der Waals surface area contributed by atoms with Gasteiger partial charge in [0.05, 0.1) is 0 Å². The van der Waals surface area contributed by atoms with Crippen molar-refractivity contribution in [2.75, 3.05) is 18.5 Å². The van der Waals surface area contributed by atoms with E-state index in [0.29, 0.717) is 12.5 Å². The minimum absolute atomic E-state index is 0.225. The van der Waals surface area contributed by atoms with Gasteiger partial charge in [-0.25, -0.2) is 4.39 Å². The van der Waals surface area contributed by atoms with Crippen LogP contribution in [0.2, 0.25) is 0 Å². The van der Waals surface area contributed by atoms with Crippen molar-refractivity contribution in [2.24, 2.45) is 11.7 Å². The third-order valence-corrected chi connectivity index (χ3v) is 2.31. The summed E-state index contributed by atoms with van der Waals surface area (Å²) in [7, 11) is 2.01. The first kappa shape index (κ1) is 12.0. The molecule has 0 unspecified atom stereocenters. The molecule has 0 aliphatic carbocycles. The van der Waals surface area contributed by atoms with Gasteiger partial charge in [-0.2, -0.15) is 0 Å². The predicted octanol–water partition coefficient (Wildman–Crippen LogP) is 2.38. The molecule has 2 N–H and O–H groups in total. The Morgan fingerprint density at radius 2 is 2.07 bits per heavy atom. The van der Waals surface area contributed by atoms with E-state index in [2.05, 4.69) is 18.7 Å². The predicted molar refractivity (Wildman–Crippen MR) is 62.4 cm³/mol. The Kier molecular flexibility index (Phi) is 4.09. The number of benzene rings is 1. The fourth-order valence-electron chi connectivity index (χ4n) is 1.74. The fourth-order valence-corrected chi connectivity index (χ4v) is 1.74. The van der Waals surface area contributed by atoms with Crippen LogP contribution in [-0.2, 0) is 6.54 Å². The summed E-state index contributed by atoms with van der Waals surface area (Å²) in [6.07, 6.45) is 0. The molecular formula is C12H19FN2. The van der Waals surface area contributed by atoms with E-state index in [1.54, 1.807) is 6.07 Å². The molecule has 0 spiro atoms. The summed E-state index contributed by atoms with van der Waals surface area (Å²) in [6.45, 7) is 5.62. The second-order valence-corrected chi connectivity index (χ2v) is 4.25. The molecule has 0 saturated heterocycles. The summed E-state index contributed by atoms with van der Waals surface area (Å²) in [6, 6.07) is 4.78. The second kappa shape index (κ2) is 5.12. The van der Waals surface area contributed by atoms with Crippen LogP contribution in [-0.4, -0.2) is 13.6 Å². The molecule has 0 aromatic heterocycles. The highest BCUT2D eigenvalue weighted by Gasteiger charge is 2.08.